The van der Waals surface area contributed by atoms with E-state index in [9.17, 15) is 9.59 Å². The van der Waals surface area contributed by atoms with Gasteiger partial charge in [0.1, 0.15) is 18.8 Å². The Morgan fingerprint density at radius 1 is 1.18 bits per heavy atom. The Morgan fingerprint density at radius 2 is 1.82 bits per heavy atom. The molecule has 0 unspecified atom stereocenters. The fourth-order valence-corrected chi connectivity index (χ4v) is 2.00. The molecule has 1 N–H and O–H groups in total. The van der Waals surface area contributed by atoms with Crippen molar-refractivity contribution < 1.29 is 23.8 Å². The Kier molecular flexibility index (Phi) is 4.59. The van der Waals surface area contributed by atoms with Crippen molar-refractivity contribution in [2.45, 2.75) is 39.3 Å². The summed E-state index contributed by atoms with van der Waals surface area (Å²) in [4.78, 5) is 24.1. The molecule has 6 nitrogen and oxygen atoms in total. The van der Waals surface area contributed by atoms with Gasteiger partial charge >= 0.3 is 6.09 Å². The van der Waals surface area contributed by atoms with Gasteiger partial charge in [-0.05, 0) is 45.9 Å². The Labute approximate surface area is 129 Å². The lowest BCUT2D eigenvalue weighted by molar-refractivity contribution is 0.0496. The molecule has 0 radical (unpaired) electrons. The van der Waals surface area contributed by atoms with Crippen molar-refractivity contribution in [1.29, 1.82) is 0 Å². The summed E-state index contributed by atoms with van der Waals surface area (Å²) in [6, 6.07) is 4.28. The number of nitrogens with one attached hydrogen (secondary N) is 1. The molecule has 0 aromatic heterocycles. The van der Waals surface area contributed by atoms with Gasteiger partial charge in [0.2, 0.25) is 0 Å². The number of carbonyl (C=O) groups is 2. The largest absolute Gasteiger partial charge is 0.486 e. The fraction of sp³-hybridized carbons (Fsp3) is 0.500. The maximum Gasteiger partial charge on any atom is 0.408 e. The van der Waals surface area contributed by atoms with Crippen LogP contribution >= 0.6 is 0 Å². The van der Waals surface area contributed by atoms with Crippen molar-refractivity contribution in [3.63, 3.8) is 0 Å². The molecular formula is C16H21NO5. The van der Waals surface area contributed by atoms with E-state index in [0.717, 1.165) is 0 Å². The second-order valence-electron chi connectivity index (χ2n) is 6.09. The second kappa shape index (κ2) is 6.25. The molecule has 1 aromatic rings. The molecule has 22 heavy (non-hydrogen) atoms. The van der Waals surface area contributed by atoms with E-state index in [1.54, 1.807) is 45.9 Å². The number of ether oxygens (including phenoxy) is 3. The van der Waals surface area contributed by atoms with Gasteiger partial charge in [-0.1, -0.05) is 0 Å². The summed E-state index contributed by atoms with van der Waals surface area (Å²) in [6.45, 7) is 7.86. The first-order valence-corrected chi connectivity index (χ1v) is 7.19. The van der Waals surface area contributed by atoms with E-state index in [0.29, 0.717) is 30.3 Å². The summed E-state index contributed by atoms with van der Waals surface area (Å²) in [5.41, 5.74) is -0.156. The van der Waals surface area contributed by atoms with Crippen LogP contribution in [-0.2, 0) is 4.74 Å². The van der Waals surface area contributed by atoms with Crippen LogP contribution in [-0.4, -0.2) is 36.7 Å². The third kappa shape index (κ3) is 4.13. The Morgan fingerprint density at radius 3 is 2.45 bits per heavy atom. The topological polar surface area (TPSA) is 73.9 Å². The van der Waals surface area contributed by atoms with Gasteiger partial charge < -0.3 is 19.5 Å². The molecule has 1 aliphatic rings. The number of carbonyl (C=O) groups excluding carboxylic acids is 2. The van der Waals surface area contributed by atoms with Crippen LogP contribution in [0.3, 0.4) is 0 Å². The molecule has 2 rings (SSSR count). The lowest BCUT2D eigenvalue weighted by Gasteiger charge is -2.22. The van der Waals surface area contributed by atoms with Crippen LogP contribution in [0.15, 0.2) is 18.2 Å². The monoisotopic (exact) mass is 307 g/mol. The number of benzene rings is 1. The van der Waals surface area contributed by atoms with Gasteiger partial charge in [-0.15, -0.1) is 0 Å². The van der Waals surface area contributed by atoms with Crippen molar-refractivity contribution in [3.05, 3.63) is 23.8 Å². The molecule has 1 aromatic carbocycles. The number of fused-ring (bicyclic) bond motifs is 1. The molecule has 0 aliphatic carbocycles. The van der Waals surface area contributed by atoms with Crippen molar-refractivity contribution in [2.75, 3.05) is 13.2 Å². The summed E-state index contributed by atoms with van der Waals surface area (Å²) in [5.74, 6) is 0.944. The Hall–Kier alpha value is -2.24. The first-order valence-electron chi connectivity index (χ1n) is 7.19. The Balaban J connectivity index is 2.03. The minimum atomic E-state index is -0.697. The summed E-state index contributed by atoms with van der Waals surface area (Å²) in [5, 5.41) is 2.53. The zero-order valence-electron chi connectivity index (χ0n) is 13.3. The maximum atomic E-state index is 12.4. The normalized spacial score (nSPS) is 14.9. The molecule has 6 heteroatoms. The summed E-state index contributed by atoms with van der Waals surface area (Å²) >= 11 is 0. The minimum absolute atomic E-state index is 0.220. The minimum Gasteiger partial charge on any atom is -0.486 e. The first-order chi connectivity index (χ1) is 10.3. The van der Waals surface area contributed by atoms with Crippen molar-refractivity contribution in [3.8, 4) is 11.5 Å². The number of hydrogen-bond acceptors (Lipinski definition) is 5. The molecule has 1 heterocycles. The SMILES string of the molecule is C[C@H](NC(=O)OC(C)(C)C)C(=O)c1ccc2c(c1)OCCO2. The molecule has 0 fully saturated rings. The summed E-state index contributed by atoms with van der Waals surface area (Å²) in [6.07, 6.45) is -0.620. The zero-order chi connectivity index (χ0) is 16.3. The number of amides is 1. The van der Waals surface area contributed by atoms with Crippen LogP contribution in [0.1, 0.15) is 38.1 Å². The van der Waals surface area contributed by atoms with E-state index in [1.165, 1.54) is 0 Å². The quantitative estimate of drug-likeness (QED) is 0.869. The highest BCUT2D eigenvalue weighted by atomic mass is 16.6. The van der Waals surface area contributed by atoms with Crippen molar-refractivity contribution in [1.82, 2.24) is 5.32 Å². The number of rotatable bonds is 3. The van der Waals surface area contributed by atoms with Gasteiger partial charge in [-0.2, -0.15) is 0 Å². The molecule has 0 saturated heterocycles. The van der Waals surface area contributed by atoms with Crippen LogP contribution in [0.25, 0.3) is 0 Å². The summed E-state index contributed by atoms with van der Waals surface area (Å²) < 4.78 is 16.0. The average molecular weight is 307 g/mol. The van der Waals surface area contributed by atoms with Gasteiger partial charge in [0.15, 0.2) is 17.3 Å². The molecule has 0 spiro atoms. The molecule has 120 valence electrons. The highest BCUT2D eigenvalue weighted by Gasteiger charge is 2.23. The van der Waals surface area contributed by atoms with E-state index < -0.39 is 17.7 Å². The van der Waals surface area contributed by atoms with E-state index in [4.69, 9.17) is 14.2 Å². The van der Waals surface area contributed by atoms with Crippen LogP contribution in [0.2, 0.25) is 0 Å². The number of ketones is 1. The fourth-order valence-electron chi connectivity index (χ4n) is 2.00. The van der Waals surface area contributed by atoms with E-state index in [1.807, 2.05) is 0 Å². The highest BCUT2D eigenvalue weighted by molar-refractivity contribution is 6.01. The number of hydrogen-bond donors (Lipinski definition) is 1. The van der Waals surface area contributed by atoms with Crippen LogP contribution < -0.4 is 14.8 Å². The predicted octanol–water partition coefficient (Wildman–Crippen LogP) is 2.55. The van der Waals surface area contributed by atoms with Crippen LogP contribution in [0.4, 0.5) is 4.79 Å². The number of alkyl carbamates (subject to hydrolysis) is 1. The molecule has 1 atom stereocenters. The van der Waals surface area contributed by atoms with Crippen molar-refractivity contribution in [2.24, 2.45) is 0 Å². The standard InChI is InChI=1S/C16H21NO5/c1-10(17-15(19)22-16(2,3)4)14(18)11-5-6-12-13(9-11)21-8-7-20-12/h5-6,9-10H,7-8H2,1-4H3,(H,17,19)/t10-/m0/s1. The molecule has 0 saturated carbocycles. The third-order valence-electron chi connectivity index (χ3n) is 2.95. The van der Waals surface area contributed by atoms with Crippen molar-refractivity contribution >= 4 is 11.9 Å². The molecule has 1 amide bonds. The highest BCUT2D eigenvalue weighted by Crippen LogP contribution is 2.31. The van der Waals surface area contributed by atoms with Crippen LogP contribution in [0, 0.1) is 0 Å². The smallest absolute Gasteiger partial charge is 0.408 e. The van der Waals surface area contributed by atoms with E-state index in [-0.39, 0.29) is 5.78 Å². The molecule has 1 aliphatic heterocycles. The second-order valence-corrected chi connectivity index (χ2v) is 6.09. The predicted molar refractivity (Wildman–Crippen MR) is 80.6 cm³/mol. The molecular weight excluding hydrogens is 286 g/mol. The zero-order valence-corrected chi connectivity index (χ0v) is 13.3. The lowest BCUT2D eigenvalue weighted by atomic mass is 10.0. The van der Waals surface area contributed by atoms with Gasteiger partial charge in [0.25, 0.3) is 0 Å². The summed E-state index contributed by atoms with van der Waals surface area (Å²) in [7, 11) is 0. The Bertz CT molecular complexity index is 576. The van der Waals surface area contributed by atoms with Gasteiger partial charge in [0.05, 0.1) is 6.04 Å². The third-order valence-corrected chi connectivity index (χ3v) is 2.95. The van der Waals surface area contributed by atoms with Gasteiger partial charge in [0, 0.05) is 5.56 Å². The average Bonchev–Trinajstić information content (AvgIpc) is 2.43. The lowest BCUT2D eigenvalue weighted by Crippen LogP contribution is -2.41. The van der Waals surface area contributed by atoms with Gasteiger partial charge in [-0.25, -0.2) is 4.79 Å². The maximum absolute atomic E-state index is 12.4. The molecule has 0 bridgehead atoms. The van der Waals surface area contributed by atoms with E-state index >= 15 is 0 Å². The van der Waals surface area contributed by atoms with E-state index in [2.05, 4.69) is 5.32 Å². The number of Topliss-reactive ketones (excluding diaryl/α,β-unsaturated/α-hetero) is 1. The van der Waals surface area contributed by atoms with Crippen LogP contribution in [0.5, 0.6) is 11.5 Å². The first kappa shape index (κ1) is 16.1. The van der Waals surface area contributed by atoms with Gasteiger partial charge in [-0.3, -0.25) is 4.79 Å².